The van der Waals surface area contributed by atoms with Crippen LogP contribution in [0.3, 0.4) is 0 Å². The first-order valence-electron chi connectivity index (χ1n) is 6.53. The van der Waals surface area contributed by atoms with Crippen LogP contribution in [0.15, 0.2) is 23.7 Å². The second-order valence-corrected chi connectivity index (χ2v) is 5.96. The highest BCUT2D eigenvalue weighted by Gasteiger charge is 2.09. The predicted molar refractivity (Wildman–Crippen MR) is 76.7 cm³/mol. The Hall–Kier alpha value is -0.890. The summed E-state index contributed by atoms with van der Waals surface area (Å²) in [5.41, 5.74) is 4.52. The van der Waals surface area contributed by atoms with Gasteiger partial charge < -0.3 is 0 Å². The minimum absolute atomic E-state index is 0.648. The third-order valence-electron chi connectivity index (χ3n) is 3.71. The summed E-state index contributed by atoms with van der Waals surface area (Å²) in [6.07, 6.45) is 3.90. The Morgan fingerprint density at radius 2 is 2.06 bits per heavy atom. The van der Waals surface area contributed by atoms with Crippen molar-refractivity contribution in [3.63, 3.8) is 0 Å². The van der Waals surface area contributed by atoms with Crippen LogP contribution in [0.1, 0.15) is 51.5 Å². The minimum atomic E-state index is 0.648. The normalized spacial score (nSPS) is 15.0. The van der Waals surface area contributed by atoms with E-state index in [4.69, 9.17) is 0 Å². The number of hydrogen-bond acceptors (Lipinski definition) is 2. The highest BCUT2D eigenvalue weighted by molar-refractivity contribution is 7.16. The maximum Gasteiger partial charge on any atom is 0.0814 e. The summed E-state index contributed by atoms with van der Waals surface area (Å²) >= 11 is 1.72. The van der Waals surface area contributed by atoms with E-state index in [2.05, 4.69) is 44.0 Å². The molecule has 1 aromatic heterocycles. The van der Waals surface area contributed by atoms with Crippen molar-refractivity contribution in [2.45, 2.75) is 46.0 Å². The molecule has 0 aliphatic carbocycles. The molecule has 0 unspecified atom stereocenters. The lowest BCUT2D eigenvalue weighted by molar-refractivity contribution is 0.470. The van der Waals surface area contributed by atoms with E-state index in [0.717, 1.165) is 11.4 Å². The van der Waals surface area contributed by atoms with E-state index < -0.39 is 0 Å². The number of nitrogens with zero attached hydrogens (tertiary/aromatic N) is 1. The quantitative estimate of drug-likeness (QED) is 0.705. The smallest absolute Gasteiger partial charge is 0.0814 e. The molecule has 2 rings (SSSR count). The van der Waals surface area contributed by atoms with Gasteiger partial charge in [-0.3, -0.25) is 0 Å². The fourth-order valence-corrected chi connectivity index (χ4v) is 2.75. The van der Waals surface area contributed by atoms with Crippen molar-refractivity contribution in [1.82, 2.24) is 4.98 Å². The number of hydrogen-bond donors (Lipinski definition) is 0. The molecule has 1 aromatic carbocycles. The molecule has 0 spiro atoms. The van der Waals surface area contributed by atoms with Gasteiger partial charge in [-0.25, -0.2) is 4.98 Å². The summed E-state index contributed by atoms with van der Waals surface area (Å²) < 4.78 is 1.29. The number of aromatic nitrogens is 1. The predicted octanol–water partition coefficient (Wildman–Crippen LogP) is 5.23. The molecule has 2 aromatic rings. The molecular formula is C15H21NS. The van der Waals surface area contributed by atoms with Gasteiger partial charge in [0, 0.05) is 0 Å². The van der Waals surface area contributed by atoms with Crippen molar-refractivity contribution in [1.29, 1.82) is 0 Å². The van der Waals surface area contributed by atoms with Gasteiger partial charge in [-0.1, -0.05) is 39.7 Å². The first-order valence-corrected chi connectivity index (χ1v) is 7.41. The van der Waals surface area contributed by atoms with Crippen LogP contribution in [0.25, 0.3) is 10.2 Å². The molecular weight excluding hydrogens is 226 g/mol. The second kappa shape index (κ2) is 5.63. The summed E-state index contributed by atoms with van der Waals surface area (Å²) in [6, 6.07) is 6.73. The zero-order valence-corrected chi connectivity index (χ0v) is 11.8. The Morgan fingerprint density at radius 1 is 1.24 bits per heavy atom. The van der Waals surface area contributed by atoms with Gasteiger partial charge in [0.15, 0.2) is 0 Å². The summed E-state index contributed by atoms with van der Waals surface area (Å²) in [6.45, 7) is 6.95. The maximum absolute atomic E-state index is 4.39. The Morgan fingerprint density at radius 3 is 2.82 bits per heavy atom. The van der Waals surface area contributed by atoms with Gasteiger partial charge in [-0.05, 0) is 36.0 Å². The van der Waals surface area contributed by atoms with Crippen LogP contribution in [0.4, 0.5) is 0 Å². The summed E-state index contributed by atoms with van der Waals surface area (Å²) in [7, 11) is 0. The van der Waals surface area contributed by atoms with Crippen LogP contribution >= 0.6 is 11.3 Å². The average Bonchev–Trinajstić information content (AvgIpc) is 2.82. The van der Waals surface area contributed by atoms with Crippen molar-refractivity contribution >= 4 is 21.6 Å². The zero-order chi connectivity index (χ0) is 12.3. The molecule has 0 amide bonds. The number of rotatable bonds is 5. The Labute approximate surface area is 108 Å². The molecule has 0 fully saturated rings. The van der Waals surface area contributed by atoms with Gasteiger partial charge in [0.05, 0.1) is 15.7 Å². The van der Waals surface area contributed by atoms with Crippen molar-refractivity contribution in [2.75, 3.05) is 0 Å². The molecule has 2 heteroatoms. The molecule has 0 aliphatic heterocycles. The monoisotopic (exact) mass is 247 g/mol. The van der Waals surface area contributed by atoms with Gasteiger partial charge in [-0.2, -0.15) is 0 Å². The molecule has 0 bridgehead atoms. The first-order chi connectivity index (χ1) is 8.20. The average molecular weight is 247 g/mol. The van der Waals surface area contributed by atoms with E-state index in [1.165, 1.54) is 29.5 Å². The van der Waals surface area contributed by atoms with Gasteiger partial charge in [0.2, 0.25) is 0 Å². The van der Waals surface area contributed by atoms with Crippen molar-refractivity contribution < 1.29 is 0 Å². The van der Waals surface area contributed by atoms with Crippen LogP contribution in [0.2, 0.25) is 0 Å². The third-order valence-corrected chi connectivity index (χ3v) is 4.52. The SMILES string of the molecule is CC[C@@H](C)CC[C@@H](C)c1ccc2scnc2c1. The lowest BCUT2D eigenvalue weighted by Gasteiger charge is -2.14. The van der Waals surface area contributed by atoms with Gasteiger partial charge in [-0.15, -0.1) is 11.3 Å². The summed E-state index contributed by atoms with van der Waals surface area (Å²) in [5.74, 6) is 1.50. The molecule has 1 heterocycles. The second-order valence-electron chi connectivity index (χ2n) is 5.07. The Kier molecular flexibility index (Phi) is 4.16. The van der Waals surface area contributed by atoms with Crippen LogP contribution in [0, 0.1) is 5.92 Å². The fraction of sp³-hybridized carbons (Fsp3) is 0.533. The van der Waals surface area contributed by atoms with Crippen LogP contribution in [-0.4, -0.2) is 4.98 Å². The molecule has 0 N–H and O–H groups in total. The lowest BCUT2D eigenvalue weighted by Crippen LogP contribution is -1.98. The van der Waals surface area contributed by atoms with Crippen molar-refractivity contribution in [3.05, 3.63) is 29.3 Å². The summed E-state index contributed by atoms with van der Waals surface area (Å²) in [5, 5.41) is 0. The zero-order valence-electron chi connectivity index (χ0n) is 10.9. The lowest BCUT2D eigenvalue weighted by atomic mass is 9.91. The fourth-order valence-electron chi connectivity index (χ4n) is 2.09. The third kappa shape index (κ3) is 3.06. The van der Waals surface area contributed by atoms with E-state index in [1.54, 1.807) is 11.3 Å². The van der Waals surface area contributed by atoms with E-state index in [0.29, 0.717) is 5.92 Å². The van der Waals surface area contributed by atoms with Crippen LogP contribution < -0.4 is 0 Å². The van der Waals surface area contributed by atoms with E-state index in [-0.39, 0.29) is 0 Å². The topological polar surface area (TPSA) is 12.9 Å². The summed E-state index contributed by atoms with van der Waals surface area (Å²) in [4.78, 5) is 4.39. The molecule has 1 nitrogen and oxygen atoms in total. The highest BCUT2D eigenvalue weighted by Crippen LogP contribution is 2.27. The van der Waals surface area contributed by atoms with Crippen molar-refractivity contribution in [3.8, 4) is 0 Å². The van der Waals surface area contributed by atoms with E-state index >= 15 is 0 Å². The molecule has 17 heavy (non-hydrogen) atoms. The van der Waals surface area contributed by atoms with Gasteiger partial charge in [0.1, 0.15) is 0 Å². The van der Waals surface area contributed by atoms with Crippen LogP contribution in [0.5, 0.6) is 0 Å². The van der Waals surface area contributed by atoms with Gasteiger partial charge in [0.25, 0.3) is 0 Å². The highest BCUT2D eigenvalue weighted by atomic mass is 32.1. The largest absolute Gasteiger partial charge is 0.245 e. The number of thiazole rings is 1. The number of fused-ring (bicyclic) bond motifs is 1. The number of benzene rings is 1. The standard InChI is InChI=1S/C15H21NS/c1-4-11(2)5-6-12(3)13-7-8-15-14(9-13)16-10-17-15/h7-12H,4-6H2,1-3H3/t11-,12-/m1/s1. The Bertz CT molecular complexity index is 474. The van der Waals surface area contributed by atoms with E-state index in [9.17, 15) is 0 Å². The minimum Gasteiger partial charge on any atom is -0.245 e. The van der Waals surface area contributed by atoms with E-state index in [1.807, 2.05) is 5.51 Å². The first kappa shape index (κ1) is 12.6. The molecule has 2 atom stereocenters. The molecule has 0 saturated heterocycles. The van der Waals surface area contributed by atoms with Gasteiger partial charge >= 0.3 is 0 Å². The maximum atomic E-state index is 4.39. The molecule has 0 saturated carbocycles. The molecule has 92 valence electrons. The Balaban J connectivity index is 2.05. The molecule has 0 radical (unpaired) electrons. The van der Waals surface area contributed by atoms with Crippen molar-refractivity contribution in [2.24, 2.45) is 5.92 Å². The molecule has 0 aliphatic rings. The van der Waals surface area contributed by atoms with Crippen LogP contribution in [-0.2, 0) is 0 Å².